The zero-order chi connectivity index (χ0) is 16.7. The molecule has 0 radical (unpaired) electrons. The lowest BCUT2D eigenvalue weighted by Gasteiger charge is -2.20. The molecule has 1 amide bonds. The van der Waals surface area contributed by atoms with Crippen LogP contribution in [0.25, 0.3) is 0 Å². The van der Waals surface area contributed by atoms with Gasteiger partial charge in [0, 0.05) is 12.0 Å². The maximum atomic E-state index is 12.2. The number of aliphatic hydroxyl groups is 1. The van der Waals surface area contributed by atoms with Gasteiger partial charge >= 0.3 is 0 Å². The molecule has 0 saturated carbocycles. The van der Waals surface area contributed by atoms with Crippen LogP contribution in [0.3, 0.4) is 0 Å². The van der Waals surface area contributed by atoms with Gasteiger partial charge in [-0.2, -0.15) is 0 Å². The minimum Gasteiger partial charge on any atom is -0.494 e. The molecule has 2 unspecified atom stereocenters. The molecule has 0 bridgehead atoms. The molecule has 0 aliphatic rings. The molecule has 4 heteroatoms. The predicted octanol–water partition coefficient (Wildman–Crippen LogP) is 2.81. The van der Waals surface area contributed by atoms with E-state index in [-0.39, 0.29) is 11.9 Å². The molecule has 0 saturated heterocycles. The van der Waals surface area contributed by atoms with Crippen molar-refractivity contribution in [2.24, 2.45) is 0 Å². The molecule has 0 fully saturated rings. The van der Waals surface area contributed by atoms with Gasteiger partial charge in [-0.15, -0.1) is 0 Å². The number of amides is 1. The summed E-state index contributed by atoms with van der Waals surface area (Å²) in [4.78, 5) is 12.2. The summed E-state index contributed by atoms with van der Waals surface area (Å²) in [6, 6.07) is 16.4. The first-order valence-electron chi connectivity index (χ1n) is 7.86. The van der Waals surface area contributed by atoms with E-state index in [4.69, 9.17) is 4.74 Å². The zero-order valence-corrected chi connectivity index (χ0v) is 13.5. The minimum atomic E-state index is -0.635. The minimum absolute atomic E-state index is 0.201. The molecule has 2 rings (SSSR count). The molecule has 0 spiro atoms. The second kappa shape index (κ2) is 8.34. The fourth-order valence-corrected chi connectivity index (χ4v) is 2.29. The molecule has 122 valence electrons. The summed E-state index contributed by atoms with van der Waals surface area (Å²) in [7, 11) is 0. The fraction of sp³-hybridized carbons (Fsp3) is 0.316. The van der Waals surface area contributed by atoms with E-state index >= 15 is 0 Å². The SMILES string of the molecule is CCOc1ccc(C(=O)NC(C)C(O)Cc2ccccc2)cc1. The van der Waals surface area contributed by atoms with Crippen molar-refractivity contribution in [1.29, 1.82) is 0 Å². The summed E-state index contributed by atoms with van der Waals surface area (Å²) in [5.74, 6) is 0.536. The van der Waals surface area contributed by atoms with E-state index in [1.807, 2.05) is 37.3 Å². The lowest BCUT2D eigenvalue weighted by atomic mass is 10.0. The number of hydrogen-bond acceptors (Lipinski definition) is 3. The normalized spacial score (nSPS) is 13.2. The lowest BCUT2D eigenvalue weighted by Crippen LogP contribution is -2.42. The van der Waals surface area contributed by atoms with Gasteiger partial charge in [0.2, 0.25) is 0 Å². The van der Waals surface area contributed by atoms with Gasteiger partial charge in [0.1, 0.15) is 5.75 Å². The standard InChI is InChI=1S/C19H23NO3/c1-3-23-17-11-9-16(10-12-17)19(22)20-14(2)18(21)13-15-7-5-4-6-8-15/h4-12,14,18,21H,3,13H2,1-2H3,(H,20,22). The first kappa shape index (κ1) is 17.0. The largest absolute Gasteiger partial charge is 0.494 e. The molecule has 0 aromatic heterocycles. The molecule has 4 nitrogen and oxygen atoms in total. The highest BCUT2D eigenvalue weighted by atomic mass is 16.5. The number of ether oxygens (including phenoxy) is 1. The van der Waals surface area contributed by atoms with Crippen molar-refractivity contribution in [1.82, 2.24) is 5.32 Å². The Hall–Kier alpha value is -2.33. The summed E-state index contributed by atoms with van der Waals surface area (Å²) in [6.07, 6.45) is -0.130. The van der Waals surface area contributed by atoms with Crippen molar-refractivity contribution in [3.05, 3.63) is 65.7 Å². The first-order valence-corrected chi connectivity index (χ1v) is 7.86. The summed E-state index contributed by atoms with van der Waals surface area (Å²) in [5, 5.41) is 13.1. The van der Waals surface area contributed by atoms with E-state index in [1.165, 1.54) is 0 Å². The van der Waals surface area contributed by atoms with Crippen LogP contribution in [0.1, 0.15) is 29.8 Å². The van der Waals surface area contributed by atoms with Crippen LogP contribution in [0.4, 0.5) is 0 Å². The molecule has 2 aromatic carbocycles. The first-order chi connectivity index (χ1) is 11.1. The van der Waals surface area contributed by atoms with Crippen molar-refractivity contribution < 1.29 is 14.6 Å². The Balaban J connectivity index is 1.90. The monoisotopic (exact) mass is 313 g/mol. The zero-order valence-electron chi connectivity index (χ0n) is 13.5. The Morgan fingerprint density at radius 3 is 2.39 bits per heavy atom. The van der Waals surface area contributed by atoms with Gasteiger partial charge in [0.15, 0.2) is 0 Å². The lowest BCUT2D eigenvalue weighted by molar-refractivity contribution is 0.0852. The molecular formula is C19H23NO3. The van der Waals surface area contributed by atoms with E-state index in [1.54, 1.807) is 31.2 Å². The van der Waals surface area contributed by atoms with Crippen molar-refractivity contribution in [2.45, 2.75) is 32.4 Å². The Morgan fingerprint density at radius 1 is 1.13 bits per heavy atom. The van der Waals surface area contributed by atoms with E-state index in [0.717, 1.165) is 11.3 Å². The van der Waals surface area contributed by atoms with Crippen LogP contribution >= 0.6 is 0 Å². The average molecular weight is 313 g/mol. The average Bonchev–Trinajstić information content (AvgIpc) is 2.56. The van der Waals surface area contributed by atoms with Crippen LogP contribution in [0.2, 0.25) is 0 Å². The Labute approximate surface area is 137 Å². The third-order valence-electron chi connectivity index (χ3n) is 3.65. The van der Waals surface area contributed by atoms with Gasteiger partial charge in [-0.1, -0.05) is 30.3 Å². The number of rotatable bonds is 7. The summed E-state index contributed by atoms with van der Waals surface area (Å²) in [5.41, 5.74) is 1.59. The second-order valence-electron chi connectivity index (χ2n) is 5.48. The van der Waals surface area contributed by atoms with Crippen LogP contribution < -0.4 is 10.1 Å². The quantitative estimate of drug-likeness (QED) is 0.826. The van der Waals surface area contributed by atoms with Crippen molar-refractivity contribution in [3.63, 3.8) is 0 Å². The van der Waals surface area contributed by atoms with E-state index in [0.29, 0.717) is 18.6 Å². The predicted molar refractivity (Wildman–Crippen MR) is 90.7 cm³/mol. The van der Waals surface area contributed by atoms with E-state index in [9.17, 15) is 9.90 Å². The van der Waals surface area contributed by atoms with Crippen molar-refractivity contribution in [2.75, 3.05) is 6.61 Å². The number of aliphatic hydroxyl groups excluding tert-OH is 1. The Bertz CT molecular complexity index is 610. The molecule has 23 heavy (non-hydrogen) atoms. The highest BCUT2D eigenvalue weighted by Crippen LogP contribution is 2.13. The van der Waals surface area contributed by atoms with Crippen LogP contribution in [0.15, 0.2) is 54.6 Å². The van der Waals surface area contributed by atoms with Gasteiger partial charge in [0.25, 0.3) is 5.91 Å². The van der Waals surface area contributed by atoms with Crippen LogP contribution in [-0.2, 0) is 6.42 Å². The highest BCUT2D eigenvalue weighted by Gasteiger charge is 2.17. The summed E-state index contributed by atoms with van der Waals surface area (Å²) < 4.78 is 5.35. The number of hydrogen-bond donors (Lipinski definition) is 2. The third kappa shape index (κ3) is 5.11. The number of nitrogens with one attached hydrogen (secondary N) is 1. The molecular weight excluding hydrogens is 290 g/mol. The topological polar surface area (TPSA) is 58.6 Å². The molecule has 0 aliphatic heterocycles. The van der Waals surface area contributed by atoms with Gasteiger partial charge in [-0.3, -0.25) is 4.79 Å². The smallest absolute Gasteiger partial charge is 0.251 e. The van der Waals surface area contributed by atoms with Gasteiger partial charge in [0.05, 0.1) is 18.8 Å². The fourth-order valence-electron chi connectivity index (χ4n) is 2.29. The van der Waals surface area contributed by atoms with Crippen LogP contribution in [-0.4, -0.2) is 29.8 Å². The van der Waals surface area contributed by atoms with Crippen molar-refractivity contribution in [3.8, 4) is 5.75 Å². The third-order valence-corrected chi connectivity index (χ3v) is 3.65. The summed E-state index contributed by atoms with van der Waals surface area (Å²) >= 11 is 0. The maximum Gasteiger partial charge on any atom is 0.251 e. The van der Waals surface area contributed by atoms with Crippen molar-refractivity contribution >= 4 is 5.91 Å². The van der Waals surface area contributed by atoms with E-state index < -0.39 is 6.10 Å². The highest BCUT2D eigenvalue weighted by molar-refractivity contribution is 5.94. The number of carbonyl (C=O) groups excluding carboxylic acids is 1. The van der Waals surface area contributed by atoms with Crippen LogP contribution in [0, 0.1) is 0 Å². The van der Waals surface area contributed by atoms with Gasteiger partial charge < -0.3 is 15.2 Å². The van der Waals surface area contributed by atoms with Crippen LogP contribution in [0.5, 0.6) is 5.75 Å². The Kier molecular flexibility index (Phi) is 6.18. The molecule has 0 aliphatic carbocycles. The molecule has 2 N–H and O–H groups in total. The number of carbonyl (C=O) groups is 1. The summed E-state index contributed by atoms with van der Waals surface area (Å²) in [6.45, 7) is 4.31. The van der Waals surface area contributed by atoms with Gasteiger partial charge in [-0.05, 0) is 43.7 Å². The Morgan fingerprint density at radius 2 is 1.78 bits per heavy atom. The molecule has 0 heterocycles. The van der Waals surface area contributed by atoms with E-state index in [2.05, 4.69) is 5.32 Å². The molecule has 2 atom stereocenters. The number of benzene rings is 2. The maximum absolute atomic E-state index is 12.2. The second-order valence-corrected chi connectivity index (χ2v) is 5.48. The van der Waals surface area contributed by atoms with Gasteiger partial charge in [-0.25, -0.2) is 0 Å². The molecule has 2 aromatic rings.